The van der Waals surface area contributed by atoms with Gasteiger partial charge in [-0.3, -0.25) is 0 Å². The Balaban J connectivity index is 0.000000745. The van der Waals surface area contributed by atoms with E-state index in [2.05, 4.69) is 5.32 Å². The lowest BCUT2D eigenvalue weighted by molar-refractivity contribution is 0.0696. The van der Waals surface area contributed by atoms with Crippen LogP contribution >= 0.6 is 0 Å². The number of aromatic carboxylic acids is 1. The zero-order valence-electron chi connectivity index (χ0n) is 13.2. The van der Waals surface area contributed by atoms with E-state index in [1.54, 1.807) is 24.3 Å². The van der Waals surface area contributed by atoms with E-state index < -0.39 is 5.97 Å². The van der Waals surface area contributed by atoms with Crippen molar-refractivity contribution >= 4 is 5.97 Å². The van der Waals surface area contributed by atoms with Gasteiger partial charge in [0.2, 0.25) is 0 Å². The average molecular weight is 301 g/mol. The molecule has 0 radical (unpaired) electrons. The Hall–Kier alpha value is -2.17. The molecule has 0 fully saturated rings. The Morgan fingerprint density at radius 2 is 1.55 bits per heavy atom. The molecule has 0 aromatic heterocycles. The van der Waals surface area contributed by atoms with Crippen LogP contribution in [0.5, 0.6) is 0 Å². The molecule has 1 unspecified atom stereocenters. The van der Waals surface area contributed by atoms with Gasteiger partial charge >= 0.3 is 5.97 Å². The number of benzene rings is 2. The van der Waals surface area contributed by atoms with Gasteiger partial charge in [-0.25, -0.2) is 4.79 Å². The van der Waals surface area contributed by atoms with Crippen molar-refractivity contribution in [3.05, 3.63) is 71.3 Å². The zero-order chi connectivity index (χ0) is 16.4. The van der Waals surface area contributed by atoms with Crippen molar-refractivity contribution in [2.24, 2.45) is 0 Å². The van der Waals surface area contributed by atoms with Crippen LogP contribution in [0.2, 0.25) is 0 Å². The highest BCUT2D eigenvalue weighted by molar-refractivity contribution is 5.87. The van der Waals surface area contributed by atoms with Crippen LogP contribution < -0.4 is 5.32 Å². The SMILES string of the molecule is CCOC(c1ccccc1)c1ccc(C(=O)O)cc1.CNC. The first-order valence-electron chi connectivity index (χ1n) is 7.22. The van der Waals surface area contributed by atoms with Gasteiger partial charge < -0.3 is 15.2 Å². The highest BCUT2D eigenvalue weighted by atomic mass is 16.5. The first kappa shape index (κ1) is 17.9. The number of carbonyl (C=O) groups is 1. The lowest BCUT2D eigenvalue weighted by atomic mass is 10.0. The largest absolute Gasteiger partial charge is 0.478 e. The van der Waals surface area contributed by atoms with Crippen molar-refractivity contribution in [3.8, 4) is 0 Å². The summed E-state index contributed by atoms with van der Waals surface area (Å²) in [4.78, 5) is 10.8. The minimum absolute atomic E-state index is 0.158. The number of ether oxygens (including phenoxy) is 1. The summed E-state index contributed by atoms with van der Waals surface area (Å²) in [5.41, 5.74) is 2.30. The van der Waals surface area contributed by atoms with Crippen molar-refractivity contribution in [2.75, 3.05) is 20.7 Å². The van der Waals surface area contributed by atoms with Gasteiger partial charge in [0.05, 0.1) is 5.56 Å². The predicted octanol–water partition coefficient (Wildman–Crippen LogP) is 3.35. The quantitative estimate of drug-likeness (QED) is 0.889. The summed E-state index contributed by atoms with van der Waals surface area (Å²) in [6, 6.07) is 16.7. The van der Waals surface area contributed by atoms with Gasteiger partial charge in [-0.15, -0.1) is 0 Å². The molecule has 0 amide bonds. The van der Waals surface area contributed by atoms with E-state index in [4.69, 9.17) is 9.84 Å². The van der Waals surface area contributed by atoms with Crippen molar-refractivity contribution in [3.63, 3.8) is 0 Å². The minimum Gasteiger partial charge on any atom is -0.478 e. The van der Waals surface area contributed by atoms with E-state index >= 15 is 0 Å². The summed E-state index contributed by atoms with van der Waals surface area (Å²) in [6.07, 6.45) is -0.158. The molecule has 4 nitrogen and oxygen atoms in total. The molecule has 22 heavy (non-hydrogen) atoms. The molecule has 2 N–H and O–H groups in total. The maximum Gasteiger partial charge on any atom is 0.335 e. The minimum atomic E-state index is -0.917. The van der Waals surface area contributed by atoms with Gasteiger partial charge in [0, 0.05) is 6.61 Å². The predicted molar refractivity (Wildman–Crippen MR) is 88.3 cm³/mol. The van der Waals surface area contributed by atoms with Gasteiger partial charge in [0.1, 0.15) is 6.10 Å². The molecule has 1 atom stereocenters. The molecule has 118 valence electrons. The van der Waals surface area contributed by atoms with E-state index in [0.717, 1.165) is 11.1 Å². The first-order chi connectivity index (χ1) is 10.6. The number of carboxylic acids is 1. The summed E-state index contributed by atoms with van der Waals surface area (Å²) in [5.74, 6) is -0.917. The first-order valence-corrected chi connectivity index (χ1v) is 7.22. The third kappa shape index (κ3) is 5.31. The maximum absolute atomic E-state index is 10.8. The monoisotopic (exact) mass is 301 g/mol. The topological polar surface area (TPSA) is 58.6 Å². The third-order valence-electron chi connectivity index (χ3n) is 2.90. The van der Waals surface area contributed by atoms with Crippen LogP contribution in [-0.2, 0) is 4.74 Å². The fourth-order valence-corrected chi connectivity index (χ4v) is 1.98. The third-order valence-corrected chi connectivity index (χ3v) is 2.90. The van der Waals surface area contributed by atoms with Crippen LogP contribution in [0.25, 0.3) is 0 Å². The molecule has 0 aliphatic rings. The summed E-state index contributed by atoms with van der Waals surface area (Å²) >= 11 is 0. The lowest BCUT2D eigenvalue weighted by Gasteiger charge is -2.18. The van der Waals surface area contributed by atoms with Crippen molar-refractivity contribution in [1.82, 2.24) is 5.32 Å². The van der Waals surface area contributed by atoms with Crippen LogP contribution in [0.3, 0.4) is 0 Å². The second-order valence-corrected chi connectivity index (χ2v) is 4.67. The zero-order valence-corrected chi connectivity index (χ0v) is 13.2. The van der Waals surface area contributed by atoms with E-state index in [1.165, 1.54) is 0 Å². The second kappa shape index (κ2) is 9.71. The Bertz CT molecular complexity index is 552. The second-order valence-electron chi connectivity index (χ2n) is 4.67. The van der Waals surface area contributed by atoms with Crippen LogP contribution in [0.1, 0.15) is 34.5 Å². The number of hydrogen-bond acceptors (Lipinski definition) is 3. The molecule has 2 aromatic rings. The Morgan fingerprint density at radius 3 is 2.00 bits per heavy atom. The summed E-state index contributed by atoms with van der Waals surface area (Å²) in [6.45, 7) is 2.54. The molecule has 4 heteroatoms. The van der Waals surface area contributed by atoms with Crippen molar-refractivity contribution < 1.29 is 14.6 Å². The van der Waals surface area contributed by atoms with Crippen molar-refractivity contribution in [2.45, 2.75) is 13.0 Å². The maximum atomic E-state index is 10.8. The van der Waals surface area contributed by atoms with E-state index in [-0.39, 0.29) is 11.7 Å². The Morgan fingerprint density at radius 1 is 1.05 bits per heavy atom. The highest BCUT2D eigenvalue weighted by Gasteiger charge is 2.14. The van der Waals surface area contributed by atoms with Gasteiger partial charge in [-0.2, -0.15) is 0 Å². The number of hydrogen-bond donors (Lipinski definition) is 2. The van der Waals surface area contributed by atoms with E-state index in [0.29, 0.717) is 6.61 Å². The van der Waals surface area contributed by atoms with Crippen molar-refractivity contribution in [1.29, 1.82) is 0 Å². The summed E-state index contributed by atoms with van der Waals surface area (Å²) in [5, 5.41) is 11.7. The molecule has 0 aliphatic carbocycles. The van der Waals surface area contributed by atoms with Crippen LogP contribution in [0.4, 0.5) is 0 Å². The molecule has 2 aromatic carbocycles. The molecule has 0 spiro atoms. The molecular formula is C18H23NO3. The van der Waals surface area contributed by atoms with E-state index in [9.17, 15) is 4.79 Å². The Kier molecular flexibility index (Phi) is 7.89. The van der Waals surface area contributed by atoms with Gasteiger partial charge in [-0.05, 0) is 44.3 Å². The average Bonchev–Trinajstić information content (AvgIpc) is 2.54. The van der Waals surface area contributed by atoms with Gasteiger partial charge in [-0.1, -0.05) is 42.5 Å². The number of carboxylic acid groups (broad SMARTS) is 1. The molecule has 0 aliphatic heterocycles. The standard InChI is InChI=1S/C16H16O3.C2H7N/c1-2-19-15(12-6-4-3-5-7-12)13-8-10-14(11-9-13)16(17)18;1-3-2/h3-11,15H,2H2,1H3,(H,17,18);3H,1-2H3. The normalized spacial score (nSPS) is 11.2. The van der Waals surface area contributed by atoms with Crippen LogP contribution in [-0.4, -0.2) is 31.8 Å². The molecule has 0 saturated carbocycles. The van der Waals surface area contributed by atoms with Crippen LogP contribution in [0, 0.1) is 0 Å². The molecule has 0 bridgehead atoms. The molecular weight excluding hydrogens is 278 g/mol. The molecule has 0 heterocycles. The van der Waals surface area contributed by atoms with E-state index in [1.807, 2.05) is 51.4 Å². The van der Waals surface area contributed by atoms with Gasteiger partial charge in [0.15, 0.2) is 0 Å². The number of nitrogens with one attached hydrogen (secondary N) is 1. The van der Waals surface area contributed by atoms with Crippen LogP contribution in [0.15, 0.2) is 54.6 Å². The highest BCUT2D eigenvalue weighted by Crippen LogP contribution is 2.26. The number of rotatable bonds is 5. The fourth-order valence-electron chi connectivity index (χ4n) is 1.98. The fraction of sp³-hybridized carbons (Fsp3) is 0.278. The summed E-state index contributed by atoms with van der Waals surface area (Å²) in [7, 11) is 3.75. The molecule has 2 rings (SSSR count). The van der Waals surface area contributed by atoms with Gasteiger partial charge in [0.25, 0.3) is 0 Å². The lowest BCUT2D eigenvalue weighted by Crippen LogP contribution is -2.06. The smallest absolute Gasteiger partial charge is 0.335 e. The summed E-state index contributed by atoms with van der Waals surface area (Å²) < 4.78 is 5.77. The molecule has 0 saturated heterocycles. The Labute approximate surface area is 131 Å².